The van der Waals surface area contributed by atoms with Crippen LogP contribution in [0.3, 0.4) is 0 Å². The van der Waals surface area contributed by atoms with Crippen molar-refractivity contribution in [2.75, 3.05) is 0 Å². The van der Waals surface area contributed by atoms with Crippen LogP contribution in [0.5, 0.6) is 0 Å². The standard InChI is InChI=1S/C29H28N4O10S/c1-29(2,3)43-28(35)30-23(15-19-9-5-4-6-10-19)27(34)42-18-20-17-31(24-14-13-21(32(36)37)16-22(20)24)44(40,41)26-12-8-7-11-25(26)33(38)39/h4-14,16-17,23H,15,18H2,1-3H3,(H,30,35)/t23-/m0/s1. The van der Waals surface area contributed by atoms with Crippen molar-refractivity contribution in [1.29, 1.82) is 0 Å². The summed E-state index contributed by atoms with van der Waals surface area (Å²) in [5, 5.41) is 25.6. The fourth-order valence-electron chi connectivity index (χ4n) is 4.36. The number of benzene rings is 3. The topological polar surface area (TPSA) is 190 Å². The van der Waals surface area contributed by atoms with Gasteiger partial charge in [0.2, 0.25) is 0 Å². The predicted octanol–water partition coefficient (Wildman–Crippen LogP) is 4.87. The first kappa shape index (κ1) is 31.6. The Morgan fingerprint density at radius 1 is 0.955 bits per heavy atom. The minimum atomic E-state index is -4.59. The molecule has 3 aromatic carbocycles. The molecule has 0 unspecified atom stereocenters. The number of rotatable bonds is 10. The molecule has 230 valence electrons. The highest BCUT2D eigenvalue weighted by atomic mass is 32.2. The zero-order valence-corrected chi connectivity index (χ0v) is 24.6. The van der Waals surface area contributed by atoms with Gasteiger partial charge in [-0.15, -0.1) is 0 Å². The highest BCUT2D eigenvalue weighted by molar-refractivity contribution is 7.90. The van der Waals surface area contributed by atoms with Crippen molar-refractivity contribution in [1.82, 2.24) is 9.29 Å². The number of hydrogen-bond donors (Lipinski definition) is 1. The van der Waals surface area contributed by atoms with E-state index in [2.05, 4.69) is 5.32 Å². The number of nitrogens with one attached hydrogen (secondary N) is 1. The summed E-state index contributed by atoms with van der Waals surface area (Å²) in [6.07, 6.45) is 0.262. The van der Waals surface area contributed by atoms with Crippen molar-refractivity contribution in [3.05, 3.63) is 110 Å². The Kier molecular flexibility index (Phi) is 8.99. The van der Waals surface area contributed by atoms with Crippen molar-refractivity contribution < 1.29 is 37.3 Å². The number of nitro benzene ring substituents is 2. The van der Waals surface area contributed by atoms with Gasteiger partial charge in [0.15, 0.2) is 4.90 Å². The smallest absolute Gasteiger partial charge is 0.408 e. The van der Waals surface area contributed by atoms with Crippen molar-refractivity contribution in [3.8, 4) is 0 Å². The van der Waals surface area contributed by atoms with E-state index in [0.29, 0.717) is 5.56 Å². The van der Waals surface area contributed by atoms with E-state index in [1.807, 2.05) is 0 Å². The third-order valence-corrected chi connectivity index (χ3v) is 8.00. The highest BCUT2D eigenvalue weighted by Gasteiger charge is 2.31. The Balaban J connectivity index is 1.71. The van der Waals surface area contributed by atoms with Gasteiger partial charge in [-0.05, 0) is 38.5 Å². The Labute approximate surface area is 251 Å². The van der Waals surface area contributed by atoms with E-state index in [0.717, 1.165) is 34.4 Å². The first-order chi connectivity index (χ1) is 20.7. The van der Waals surface area contributed by atoms with Gasteiger partial charge in [0.25, 0.3) is 21.4 Å². The summed E-state index contributed by atoms with van der Waals surface area (Å²) in [4.78, 5) is 46.7. The van der Waals surface area contributed by atoms with Crippen LogP contribution in [0.4, 0.5) is 16.2 Å². The van der Waals surface area contributed by atoms with Gasteiger partial charge in [-0.1, -0.05) is 42.5 Å². The maximum atomic E-state index is 13.6. The molecule has 4 aromatic rings. The minimum absolute atomic E-state index is 0.0347. The molecule has 14 nitrogen and oxygen atoms in total. The van der Waals surface area contributed by atoms with Crippen LogP contribution in [0, 0.1) is 20.2 Å². The fraction of sp³-hybridized carbons (Fsp3) is 0.241. The van der Waals surface area contributed by atoms with Gasteiger partial charge in [-0.25, -0.2) is 22.0 Å². The third kappa shape index (κ3) is 7.18. The number of nitrogens with zero attached hydrogens (tertiary/aromatic N) is 3. The number of fused-ring (bicyclic) bond motifs is 1. The number of esters is 1. The number of ether oxygens (including phenoxy) is 2. The van der Waals surface area contributed by atoms with E-state index >= 15 is 0 Å². The highest BCUT2D eigenvalue weighted by Crippen LogP contribution is 2.32. The molecule has 44 heavy (non-hydrogen) atoms. The molecule has 0 saturated carbocycles. The summed E-state index contributed by atoms with van der Waals surface area (Å²) in [5.74, 6) is -0.882. The molecule has 0 bridgehead atoms. The number of hydrogen-bond acceptors (Lipinski definition) is 10. The quantitative estimate of drug-likeness (QED) is 0.145. The molecule has 4 rings (SSSR count). The van der Waals surface area contributed by atoms with Crippen LogP contribution in [0.2, 0.25) is 0 Å². The number of carbonyl (C=O) groups is 2. The number of amides is 1. The normalized spacial score (nSPS) is 12.3. The van der Waals surface area contributed by atoms with Gasteiger partial charge in [-0.3, -0.25) is 20.2 Å². The molecule has 0 spiro atoms. The van der Waals surface area contributed by atoms with Gasteiger partial charge in [0, 0.05) is 41.8 Å². The Bertz CT molecular complexity index is 1850. The molecule has 1 N–H and O–H groups in total. The lowest BCUT2D eigenvalue weighted by atomic mass is 10.1. The van der Waals surface area contributed by atoms with Crippen LogP contribution in [0.25, 0.3) is 10.9 Å². The van der Waals surface area contributed by atoms with Crippen molar-refractivity contribution in [2.24, 2.45) is 0 Å². The summed E-state index contributed by atoms with van der Waals surface area (Å²) in [5.41, 5.74) is -1.14. The SMILES string of the molecule is CC(C)(C)OC(=O)N[C@@H](Cc1ccccc1)C(=O)OCc1cn(S(=O)(=O)c2ccccc2[N+](=O)[O-])c2ccc([N+](=O)[O-])cc12. The number of aromatic nitrogens is 1. The fourth-order valence-corrected chi connectivity index (χ4v) is 5.91. The predicted molar refractivity (Wildman–Crippen MR) is 157 cm³/mol. The molecule has 0 fully saturated rings. The van der Waals surface area contributed by atoms with Crippen LogP contribution < -0.4 is 5.32 Å². The van der Waals surface area contributed by atoms with Gasteiger partial charge >= 0.3 is 12.1 Å². The lowest BCUT2D eigenvalue weighted by molar-refractivity contribution is -0.387. The zero-order chi connectivity index (χ0) is 32.2. The van der Waals surface area contributed by atoms with Gasteiger partial charge in [-0.2, -0.15) is 0 Å². The maximum Gasteiger partial charge on any atom is 0.408 e. The van der Waals surface area contributed by atoms with E-state index < -0.39 is 60.8 Å². The molecule has 0 aliphatic rings. The molecule has 15 heteroatoms. The van der Waals surface area contributed by atoms with E-state index in [-0.39, 0.29) is 28.6 Å². The lowest BCUT2D eigenvalue weighted by Crippen LogP contribution is -2.45. The number of nitro groups is 2. The Morgan fingerprint density at radius 2 is 1.61 bits per heavy atom. The average molecular weight is 625 g/mol. The number of non-ortho nitro benzene ring substituents is 1. The Hall–Kier alpha value is -5.31. The third-order valence-electron chi connectivity index (χ3n) is 6.27. The Morgan fingerprint density at radius 3 is 2.25 bits per heavy atom. The van der Waals surface area contributed by atoms with Crippen LogP contribution in [0.15, 0.2) is 83.9 Å². The van der Waals surface area contributed by atoms with Crippen molar-refractivity contribution in [2.45, 2.75) is 50.3 Å². The van der Waals surface area contributed by atoms with Crippen LogP contribution >= 0.6 is 0 Å². The summed E-state index contributed by atoms with van der Waals surface area (Å²) >= 11 is 0. The maximum absolute atomic E-state index is 13.6. The molecule has 1 heterocycles. The first-order valence-corrected chi connectivity index (χ1v) is 14.6. The molecule has 1 amide bonds. The summed E-state index contributed by atoms with van der Waals surface area (Å²) < 4.78 is 38.8. The largest absolute Gasteiger partial charge is 0.459 e. The monoisotopic (exact) mass is 624 g/mol. The molecule has 1 atom stereocenters. The minimum Gasteiger partial charge on any atom is -0.459 e. The van der Waals surface area contributed by atoms with Crippen molar-refractivity contribution in [3.63, 3.8) is 0 Å². The van der Waals surface area contributed by atoms with E-state index in [9.17, 15) is 38.2 Å². The second kappa shape index (κ2) is 12.5. The van der Waals surface area contributed by atoms with Crippen LogP contribution in [-0.4, -0.2) is 45.9 Å². The summed E-state index contributed by atoms with van der Waals surface area (Å²) in [6, 6.07) is 15.7. The average Bonchev–Trinajstić information content (AvgIpc) is 3.33. The van der Waals surface area contributed by atoms with Gasteiger partial charge in [0.05, 0.1) is 15.4 Å². The molecular formula is C29H28N4O10S. The van der Waals surface area contributed by atoms with Gasteiger partial charge < -0.3 is 14.8 Å². The molecular weight excluding hydrogens is 596 g/mol. The molecule has 0 aliphatic heterocycles. The molecule has 0 saturated heterocycles. The van der Waals surface area contributed by atoms with Crippen LogP contribution in [0.1, 0.15) is 31.9 Å². The second-order valence-electron chi connectivity index (χ2n) is 10.6. The van der Waals surface area contributed by atoms with Crippen molar-refractivity contribution >= 4 is 44.4 Å². The summed E-state index contributed by atoms with van der Waals surface area (Å²) in [6.45, 7) is 4.43. The van der Waals surface area contributed by atoms with Crippen LogP contribution in [-0.2, 0) is 37.3 Å². The lowest BCUT2D eigenvalue weighted by Gasteiger charge is -2.23. The molecule has 1 aromatic heterocycles. The molecule has 0 radical (unpaired) electrons. The summed E-state index contributed by atoms with van der Waals surface area (Å²) in [7, 11) is -4.59. The van der Waals surface area contributed by atoms with Gasteiger partial charge in [0.1, 0.15) is 18.2 Å². The zero-order valence-electron chi connectivity index (χ0n) is 23.8. The number of carbonyl (C=O) groups excluding carboxylic acids is 2. The van der Waals surface area contributed by atoms with E-state index in [1.54, 1.807) is 51.1 Å². The first-order valence-electron chi connectivity index (χ1n) is 13.1. The number of para-hydroxylation sites is 1. The number of alkyl carbamates (subject to hydrolysis) is 1. The second-order valence-corrected chi connectivity index (χ2v) is 12.4. The van der Waals surface area contributed by atoms with E-state index in [1.165, 1.54) is 18.2 Å². The van der Waals surface area contributed by atoms with E-state index in [4.69, 9.17) is 9.47 Å². The molecule has 0 aliphatic carbocycles.